The maximum atomic E-state index is 13.4. The van der Waals surface area contributed by atoms with Gasteiger partial charge in [0.25, 0.3) is 5.56 Å². The second kappa shape index (κ2) is 9.61. The number of H-pyrrole nitrogens is 1. The average Bonchev–Trinajstić information content (AvgIpc) is 2.83. The van der Waals surface area contributed by atoms with Crippen molar-refractivity contribution >= 4 is 22.5 Å². The third-order valence-electron chi connectivity index (χ3n) is 5.59. The molecule has 0 radical (unpaired) electrons. The van der Waals surface area contributed by atoms with Gasteiger partial charge in [-0.15, -0.1) is 0 Å². The SMILES string of the molecule is COc1ccc(CC(=O)N(Cc2cc3cc(C)ccc3[nH]c2=O)c2cccc(OC)c2)cc1. The lowest BCUT2D eigenvalue weighted by Gasteiger charge is -2.23. The summed E-state index contributed by atoms with van der Waals surface area (Å²) in [5, 5.41) is 0.929. The number of hydrogen-bond donors (Lipinski definition) is 1. The number of aromatic nitrogens is 1. The van der Waals surface area contributed by atoms with Gasteiger partial charge in [0, 0.05) is 22.8 Å². The van der Waals surface area contributed by atoms with Crippen LogP contribution in [0.15, 0.2) is 77.6 Å². The average molecular weight is 443 g/mol. The minimum Gasteiger partial charge on any atom is -0.497 e. The highest BCUT2D eigenvalue weighted by Crippen LogP contribution is 2.24. The maximum absolute atomic E-state index is 13.4. The van der Waals surface area contributed by atoms with Gasteiger partial charge in [0.15, 0.2) is 0 Å². The monoisotopic (exact) mass is 442 g/mol. The molecule has 1 aromatic heterocycles. The van der Waals surface area contributed by atoms with E-state index >= 15 is 0 Å². The van der Waals surface area contributed by atoms with Crippen LogP contribution in [0, 0.1) is 6.92 Å². The second-order valence-electron chi connectivity index (χ2n) is 7.92. The number of nitrogens with zero attached hydrogens (tertiary/aromatic N) is 1. The molecule has 0 atom stereocenters. The molecule has 4 rings (SSSR count). The predicted octanol–water partition coefficient (Wildman–Crippen LogP) is 4.63. The molecule has 33 heavy (non-hydrogen) atoms. The molecule has 1 amide bonds. The number of hydrogen-bond acceptors (Lipinski definition) is 4. The molecule has 0 saturated carbocycles. The summed E-state index contributed by atoms with van der Waals surface area (Å²) in [7, 11) is 3.19. The van der Waals surface area contributed by atoms with Crippen LogP contribution in [0.1, 0.15) is 16.7 Å². The zero-order valence-corrected chi connectivity index (χ0v) is 18.9. The van der Waals surface area contributed by atoms with Crippen LogP contribution < -0.4 is 19.9 Å². The Kier molecular flexibility index (Phi) is 6.45. The molecule has 0 fully saturated rings. The van der Waals surface area contributed by atoms with Crippen LogP contribution in [0.25, 0.3) is 10.9 Å². The molecule has 0 spiro atoms. The first kappa shape index (κ1) is 22.1. The molecule has 6 nitrogen and oxygen atoms in total. The van der Waals surface area contributed by atoms with E-state index in [1.54, 1.807) is 25.2 Å². The topological polar surface area (TPSA) is 71.6 Å². The predicted molar refractivity (Wildman–Crippen MR) is 130 cm³/mol. The highest BCUT2D eigenvalue weighted by atomic mass is 16.5. The quantitative estimate of drug-likeness (QED) is 0.453. The Balaban J connectivity index is 1.70. The summed E-state index contributed by atoms with van der Waals surface area (Å²) in [6, 6.07) is 22.4. The maximum Gasteiger partial charge on any atom is 0.253 e. The van der Waals surface area contributed by atoms with Crippen molar-refractivity contribution in [1.29, 1.82) is 0 Å². The number of amides is 1. The number of rotatable bonds is 7. The van der Waals surface area contributed by atoms with Gasteiger partial charge in [-0.1, -0.05) is 29.8 Å². The van der Waals surface area contributed by atoms with Crippen molar-refractivity contribution in [2.45, 2.75) is 19.9 Å². The fourth-order valence-electron chi connectivity index (χ4n) is 3.77. The van der Waals surface area contributed by atoms with Crippen molar-refractivity contribution in [3.8, 4) is 11.5 Å². The highest BCUT2D eigenvalue weighted by molar-refractivity contribution is 5.95. The van der Waals surface area contributed by atoms with E-state index in [0.717, 1.165) is 27.8 Å². The molecule has 0 aliphatic carbocycles. The van der Waals surface area contributed by atoms with Gasteiger partial charge in [0.05, 0.1) is 27.2 Å². The number of fused-ring (bicyclic) bond motifs is 1. The lowest BCUT2D eigenvalue weighted by Crippen LogP contribution is -2.34. The number of nitrogens with one attached hydrogen (secondary N) is 1. The van der Waals surface area contributed by atoms with Gasteiger partial charge in [-0.3, -0.25) is 9.59 Å². The minimum atomic E-state index is -0.212. The number of aromatic amines is 1. The number of anilines is 1. The van der Waals surface area contributed by atoms with E-state index < -0.39 is 0 Å². The van der Waals surface area contributed by atoms with Crippen LogP contribution in [0.4, 0.5) is 5.69 Å². The van der Waals surface area contributed by atoms with E-state index in [1.165, 1.54) is 0 Å². The summed E-state index contributed by atoms with van der Waals surface area (Å²) in [4.78, 5) is 30.8. The number of aryl methyl sites for hydroxylation is 1. The van der Waals surface area contributed by atoms with Crippen LogP contribution in [0.3, 0.4) is 0 Å². The number of carbonyl (C=O) groups excluding carboxylic acids is 1. The van der Waals surface area contributed by atoms with Gasteiger partial charge < -0.3 is 19.4 Å². The molecule has 1 heterocycles. The lowest BCUT2D eigenvalue weighted by molar-refractivity contribution is -0.118. The van der Waals surface area contributed by atoms with Crippen molar-refractivity contribution in [2.75, 3.05) is 19.1 Å². The van der Waals surface area contributed by atoms with Gasteiger partial charge in [0.1, 0.15) is 11.5 Å². The lowest BCUT2D eigenvalue weighted by atomic mass is 10.1. The second-order valence-corrected chi connectivity index (χ2v) is 7.92. The van der Waals surface area contributed by atoms with E-state index in [-0.39, 0.29) is 24.4 Å². The summed E-state index contributed by atoms with van der Waals surface area (Å²) in [6.45, 7) is 2.15. The molecule has 6 heteroatoms. The molecule has 0 saturated heterocycles. The summed E-state index contributed by atoms with van der Waals surface area (Å²) in [5.41, 5.74) is 3.69. The Hall–Kier alpha value is -4.06. The fraction of sp³-hybridized carbons (Fsp3) is 0.185. The number of carbonyl (C=O) groups is 1. The molecule has 0 bridgehead atoms. The Bertz CT molecular complexity index is 1340. The van der Waals surface area contributed by atoms with Crippen molar-refractivity contribution in [1.82, 2.24) is 4.98 Å². The van der Waals surface area contributed by atoms with E-state index in [9.17, 15) is 9.59 Å². The number of benzene rings is 3. The molecule has 0 aliphatic rings. The number of pyridine rings is 1. The Morgan fingerprint density at radius 2 is 1.67 bits per heavy atom. The van der Waals surface area contributed by atoms with Gasteiger partial charge >= 0.3 is 0 Å². The molecule has 1 N–H and O–H groups in total. The first-order valence-electron chi connectivity index (χ1n) is 10.7. The normalized spacial score (nSPS) is 10.8. The highest BCUT2D eigenvalue weighted by Gasteiger charge is 2.19. The first-order chi connectivity index (χ1) is 16.0. The molecule has 4 aromatic rings. The zero-order valence-electron chi connectivity index (χ0n) is 18.9. The van der Waals surface area contributed by atoms with E-state index in [2.05, 4.69) is 4.98 Å². The summed E-state index contributed by atoms with van der Waals surface area (Å²) in [6.07, 6.45) is 0.186. The smallest absolute Gasteiger partial charge is 0.253 e. The van der Waals surface area contributed by atoms with Crippen molar-refractivity contribution < 1.29 is 14.3 Å². The van der Waals surface area contributed by atoms with E-state index in [0.29, 0.717) is 17.0 Å². The Morgan fingerprint density at radius 3 is 2.39 bits per heavy atom. The van der Waals surface area contributed by atoms with Crippen LogP contribution in [0.5, 0.6) is 11.5 Å². The Labute approximate surface area is 192 Å². The molecule has 0 aliphatic heterocycles. The largest absolute Gasteiger partial charge is 0.497 e. The van der Waals surface area contributed by atoms with E-state index in [4.69, 9.17) is 9.47 Å². The first-order valence-corrected chi connectivity index (χ1v) is 10.7. The zero-order chi connectivity index (χ0) is 23.4. The Morgan fingerprint density at radius 1 is 0.909 bits per heavy atom. The molecule has 168 valence electrons. The van der Waals surface area contributed by atoms with Crippen LogP contribution in [0.2, 0.25) is 0 Å². The summed E-state index contributed by atoms with van der Waals surface area (Å²) >= 11 is 0. The van der Waals surface area contributed by atoms with Crippen LogP contribution >= 0.6 is 0 Å². The van der Waals surface area contributed by atoms with Crippen molar-refractivity contribution in [2.24, 2.45) is 0 Å². The number of methoxy groups -OCH3 is 2. The van der Waals surface area contributed by atoms with Gasteiger partial charge in [-0.25, -0.2) is 0 Å². The third-order valence-corrected chi connectivity index (χ3v) is 5.59. The molecular weight excluding hydrogens is 416 g/mol. The van der Waals surface area contributed by atoms with Gasteiger partial charge in [-0.05, 0) is 60.3 Å². The minimum absolute atomic E-state index is 0.128. The van der Waals surface area contributed by atoms with Gasteiger partial charge in [-0.2, -0.15) is 0 Å². The molecule has 3 aromatic carbocycles. The standard InChI is InChI=1S/C27H26N2O4/c1-18-7-12-25-20(13-18)15-21(27(31)28-25)17-29(22-5-4-6-24(16-22)33-3)26(30)14-19-8-10-23(32-2)11-9-19/h4-13,15-16H,14,17H2,1-3H3,(H,28,31). The summed E-state index contributed by atoms with van der Waals surface area (Å²) < 4.78 is 10.6. The van der Waals surface area contributed by atoms with Crippen LogP contribution in [-0.4, -0.2) is 25.1 Å². The van der Waals surface area contributed by atoms with Crippen LogP contribution in [-0.2, 0) is 17.8 Å². The molecular formula is C27H26N2O4. The fourth-order valence-corrected chi connectivity index (χ4v) is 3.77. The molecule has 0 unspecified atom stereocenters. The van der Waals surface area contributed by atoms with Crippen molar-refractivity contribution in [3.63, 3.8) is 0 Å². The summed E-state index contributed by atoms with van der Waals surface area (Å²) in [5.74, 6) is 1.24. The van der Waals surface area contributed by atoms with E-state index in [1.807, 2.05) is 73.7 Å². The van der Waals surface area contributed by atoms with Gasteiger partial charge in [0.2, 0.25) is 5.91 Å². The number of ether oxygens (including phenoxy) is 2. The van der Waals surface area contributed by atoms with Crippen molar-refractivity contribution in [3.05, 3.63) is 99.8 Å². The third kappa shape index (κ3) is 5.06.